The van der Waals surface area contributed by atoms with Crippen molar-refractivity contribution in [3.8, 4) is 5.69 Å². The van der Waals surface area contributed by atoms with Crippen LogP contribution in [0.3, 0.4) is 0 Å². The van der Waals surface area contributed by atoms with Gasteiger partial charge in [0, 0.05) is 5.56 Å². The molecule has 2 aromatic carbocycles. The zero-order valence-corrected chi connectivity index (χ0v) is 13.1. The van der Waals surface area contributed by atoms with Crippen molar-refractivity contribution in [1.82, 2.24) is 20.2 Å². The molecule has 24 heavy (non-hydrogen) atoms. The van der Waals surface area contributed by atoms with Crippen LogP contribution in [0.15, 0.2) is 48.5 Å². The topological polar surface area (TPSA) is 87.0 Å². The highest BCUT2D eigenvalue weighted by atomic mass is 16.5. The molecule has 7 heteroatoms. The molecule has 1 aromatic heterocycles. The lowest BCUT2D eigenvalue weighted by molar-refractivity contribution is 0.0600. The van der Waals surface area contributed by atoms with Crippen LogP contribution < -0.4 is 0 Å². The number of carbonyl (C=O) groups is 2. The zero-order chi connectivity index (χ0) is 17.1. The van der Waals surface area contributed by atoms with Crippen LogP contribution in [0.5, 0.6) is 0 Å². The van der Waals surface area contributed by atoms with Gasteiger partial charge in [0.25, 0.3) is 0 Å². The largest absolute Gasteiger partial charge is 0.465 e. The smallest absolute Gasteiger partial charge is 0.337 e. The van der Waals surface area contributed by atoms with Gasteiger partial charge in [-0.2, -0.15) is 0 Å². The highest BCUT2D eigenvalue weighted by molar-refractivity contribution is 6.06. The molecule has 0 radical (unpaired) electrons. The predicted molar refractivity (Wildman–Crippen MR) is 85.1 cm³/mol. The van der Waals surface area contributed by atoms with Gasteiger partial charge in [-0.05, 0) is 36.4 Å². The number of hydrogen-bond acceptors (Lipinski definition) is 6. The second-order valence-corrected chi connectivity index (χ2v) is 5.14. The Balaban J connectivity index is 1.83. The fraction of sp³-hybridized carbons (Fsp3) is 0.118. The lowest BCUT2D eigenvalue weighted by atomic mass is 10.1. The van der Waals surface area contributed by atoms with Crippen LogP contribution in [0.2, 0.25) is 0 Å². The summed E-state index contributed by atoms with van der Waals surface area (Å²) >= 11 is 0. The first-order valence-corrected chi connectivity index (χ1v) is 7.18. The number of esters is 1. The average molecular weight is 322 g/mol. The van der Waals surface area contributed by atoms with E-state index < -0.39 is 5.97 Å². The van der Waals surface area contributed by atoms with Crippen molar-refractivity contribution in [2.24, 2.45) is 0 Å². The van der Waals surface area contributed by atoms with Crippen molar-refractivity contribution in [3.63, 3.8) is 0 Å². The lowest BCUT2D eigenvalue weighted by Crippen LogP contribution is -2.06. The van der Waals surface area contributed by atoms with E-state index in [2.05, 4.69) is 20.1 Å². The van der Waals surface area contributed by atoms with Crippen molar-refractivity contribution >= 4 is 11.8 Å². The molecule has 0 unspecified atom stereocenters. The van der Waals surface area contributed by atoms with Gasteiger partial charge in [0.2, 0.25) is 11.6 Å². The average Bonchev–Trinajstić information content (AvgIpc) is 3.11. The monoisotopic (exact) mass is 322 g/mol. The molecular weight excluding hydrogens is 308 g/mol. The Morgan fingerprint density at radius 3 is 2.21 bits per heavy atom. The summed E-state index contributed by atoms with van der Waals surface area (Å²) in [5, 5.41) is 11.8. The summed E-state index contributed by atoms with van der Waals surface area (Å²) in [6.45, 7) is 1.95. The molecule has 3 aromatic rings. The second-order valence-electron chi connectivity index (χ2n) is 5.14. The molecule has 0 atom stereocenters. The number of nitrogens with zero attached hydrogens (tertiary/aromatic N) is 4. The van der Waals surface area contributed by atoms with E-state index in [9.17, 15) is 9.59 Å². The molecule has 0 bridgehead atoms. The molecule has 0 aliphatic carbocycles. The number of rotatable bonds is 4. The Morgan fingerprint density at radius 2 is 1.58 bits per heavy atom. The lowest BCUT2D eigenvalue weighted by Gasteiger charge is -2.01. The molecule has 0 N–H and O–H groups in total. The first-order valence-electron chi connectivity index (χ1n) is 7.18. The molecule has 0 spiro atoms. The Kier molecular flexibility index (Phi) is 4.15. The molecule has 0 amide bonds. The van der Waals surface area contributed by atoms with Gasteiger partial charge in [-0.1, -0.05) is 29.8 Å². The first kappa shape index (κ1) is 15.5. The van der Waals surface area contributed by atoms with E-state index in [1.807, 2.05) is 19.1 Å². The Labute approximate surface area is 137 Å². The van der Waals surface area contributed by atoms with Crippen molar-refractivity contribution < 1.29 is 14.3 Å². The van der Waals surface area contributed by atoms with Crippen LogP contribution in [0.4, 0.5) is 0 Å². The fourth-order valence-electron chi connectivity index (χ4n) is 2.10. The van der Waals surface area contributed by atoms with Gasteiger partial charge < -0.3 is 4.74 Å². The normalized spacial score (nSPS) is 10.4. The van der Waals surface area contributed by atoms with Crippen LogP contribution >= 0.6 is 0 Å². The van der Waals surface area contributed by atoms with E-state index in [1.165, 1.54) is 11.9 Å². The highest BCUT2D eigenvalue weighted by Gasteiger charge is 2.16. The van der Waals surface area contributed by atoms with Crippen molar-refractivity contribution in [2.75, 3.05) is 7.11 Å². The Bertz CT molecular complexity index is 883. The number of ketones is 1. The maximum atomic E-state index is 12.3. The summed E-state index contributed by atoms with van der Waals surface area (Å²) in [7, 11) is 1.32. The van der Waals surface area contributed by atoms with Crippen LogP contribution in [0.1, 0.15) is 32.1 Å². The summed E-state index contributed by atoms with van der Waals surface area (Å²) in [4.78, 5) is 25.0. The molecule has 120 valence electrons. The third kappa shape index (κ3) is 3.05. The molecule has 3 rings (SSSR count). The Hall–Kier alpha value is -3.35. The standard InChI is InChI=1S/C17H14N4O3/c1-11-3-5-12(6-4-11)15(22)16-18-20-21(19-16)14-9-7-13(8-10-14)17(23)24-2/h3-10H,1-2H3. The summed E-state index contributed by atoms with van der Waals surface area (Å²) < 4.78 is 4.64. The second kappa shape index (κ2) is 6.41. The quantitative estimate of drug-likeness (QED) is 0.539. The van der Waals surface area contributed by atoms with Gasteiger partial charge in [-0.15, -0.1) is 15.0 Å². The molecule has 0 fully saturated rings. The first-order chi connectivity index (χ1) is 11.6. The SMILES string of the molecule is COC(=O)c1ccc(-n2nnc(C(=O)c3ccc(C)cc3)n2)cc1. The minimum absolute atomic E-state index is 0.0101. The van der Waals surface area contributed by atoms with Crippen LogP contribution in [0, 0.1) is 6.92 Å². The maximum absolute atomic E-state index is 12.3. The van der Waals surface area contributed by atoms with E-state index in [-0.39, 0.29) is 11.6 Å². The van der Waals surface area contributed by atoms with Gasteiger partial charge in [-0.25, -0.2) is 4.79 Å². The third-order valence-corrected chi connectivity index (χ3v) is 3.45. The summed E-state index contributed by atoms with van der Waals surface area (Å²) in [5.41, 5.74) is 2.56. The summed E-state index contributed by atoms with van der Waals surface area (Å²) in [6, 6.07) is 13.6. The maximum Gasteiger partial charge on any atom is 0.337 e. The van der Waals surface area contributed by atoms with Crippen molar-refractivity contribution in [2.45, 2.75) is 6.92 Å². The molecule has 1 heterocycles. The number of aryl methyl sites for hydroxylation is 1. The minimum Gasteiger partial charge on any atom is -0.465 e. The zero-order valence-electron chi connectivity index (χ0n) is 13.1. The molecule has 0 saturated heterocycles. The Morgan fingerprint density at radius 1 is 0.958 bits per heavy atom. The number of ether oxygens (including phenoxy) is 1. The molecule has 0 aliphatic rings. The molecular formula is C17H14N4O3. The predicted octanol–water partition coefficient (Wildman–Crippen LogP) is 1.99. The molecule has 0 saturated carbocycles. The minimum atomic E-state index is -0.427. The van der Waals surface area contributed by atoms with Gasteiger partial charge >= 0.3 is 5.97 Å². The van der Waals surface area contributed by atoms with Gasteiger partial charge in [0.15, 0.2) is 0 Å². The molecule has 0 aliphatic heterocycles. The van der Waals surface area contributed by atoms with Crippen LogP contribution in [-0.4, -0.2) is 39.1 Å². The number of hydrogen-bond donors (Lipinski definition) is 0. The van der Waals surface area contributed by atoms with Gasteiger partial charge in [-0.3, -0.25) is 4.79 Å². The number of methoxy groups -OCH3 is 1. The van der Waals surface area contributed by atoms with Crippen LogP contribution in [0.25, 0.3) is 5.69 Å². The van der Waals surface area contributed by atoms with Crippen molar-refractivity contribution in [1.29, 1.82) is 0 Å². The summed E-state index contributed by atoms with van der Waals surface area (Å²) in [5.74, 6) is -0.716. The van der Waals surface area contributed by atoms with E-state index in [0.29, 0.717) is 16.8 Å². The number of carbonyl (C=O) groups excluding carboxylic acids is 2. The van der Waals surface area contributed by atoms with E-state index in [1.54, 1.807) is 36.4 Å². The number of tetrazole rings is 1. The summed E-state index contributed by atoms with van der Waals surface area (Å²) in [6.07, 6.45) is 0. The van der Waals surface area contributed by atoms with Gasteiger partial charge in [0.05, 0.1) is 18.4 Å². The van der Waals surface area contributed by atoms with E-state index in [0.717, 1.165) is 5.56 Å². The van der Waals surface area contributed by atoms with E-state index in [4.69, 9.17) is 0 Å². The number of aromatic nitrogens is 4. The van der Waals surface area contributed by atoms with Crippen LogP contribution in [-0.2, 0) is 4.74 Å². The van der Waals surface area contributed by atoms with E-state index >= 15 is 0 Å². The third-order valence-electron chi connectivity index (χ3n) is 3.45. The van der Waals surface area contributed by atoms with Crippen molar-refractivity contribution in [3.05, 3.63) is 71.0 Å². The number of benzene rings is 2. The van der Waals surface area contributed by atoms with Gasteiger partial charge in [0.1, 0.15) is 0 Å². The molecule has 7 nitrogen and oxygen atoms in total. The fourth-order valence-corrected chi connectivity index (χ4v) is 2.10. The highest BCUT2D eigenvalue weighted by Crippen LogP contribution is 2.11.